The monoisotopic (exact) mass is 215 g/mol. The second kappa shape index (κ2) is 5.47. The fraction of sp³-hybridized carbons (Fsp3) is 0.909. The van der Waals surface area contributed by atoms with Crippen LogP contribution < -0.4 is 5.32 Å². The SMILES string of the molecule is CC(O)CC(C)NC(=O)C1CCOC1C. The van der Waals surface area contributed by atoms with Crippen LogP contribution in [0.1, 0.15) is 33.6 Å². The molecule has 1 fully saturated rings. The van der Waals surface area contributed by atoms with Gasteiger partial charge in [-0.15, -0.1) is 0 Å². The first-order valence-corrected chi connectivity index (χ1v) is 5.60. The molecule has 15 heavy (non-hydrogen) atoms. The van der Waals surface area contributed by atoms with E-state index in [0.29, 0.717) is 13.0 Å². The van der Waals surface area contributed by atoms with Crippen LogP contribution in [0, 0.1) is 5.92 Å². The van der Waals surface area contributed by atoms with Gasteiger partial charge >= 0.3 is 0 Å². The Morgan fingerprint density at radius 2 is 2.27 bits per heavy atom. The van der Waals surface area contributed by atoms with Gasteiger partial charge in [-0.1, -0.05) is 0 Å². The number of hydrogen-bond donors (Lipinski definition) is 2. The van der Waals surface area contributed by atoms with E-state index in [1.54, 1.807) is 6.92 Å². The average Bonchev–Trinajstić information content (AvgIpc) is 2.49. The standard InChI is InChI=1S/C11H21NO3/c1-7(6-8(2)13)12-11(14)10-4-5-15-9(10)3/h7-10,13H,4-6H2,1-3H3,(H,12,14). The van der Waals surface area contributed by atoms with Crippen molar-refractivity contribution in [3.63, 3.8) is 0 Å². The van der Waals surface area contributed by atoms with Crippen molar-refractivity contribution in [1.82, 2.24) is 5.32 Å². The molecule has 0 saturated carbocycles. The van der Waals surface area contributed by atoms with Crippen LogP contribution in [-0.2, 0) is 9.53 Å². The van der Waals surface area contributed by atoms with Crippen LogP contribution >= 0.6 is 0 Å². The van der Waals surface area contributed by atoms with E-state index in [1.165, 1.54) is 0 Å². The van der Waals surface area contributed by atoms with Crippen molar-refractivity contribution in [2.24, 2.45) is 5.92 Å². The van der Waals surface area contributed by atoms with E-state index in [9.17, 15) is 9.90 Å². The number of aliphatic hydroxyl groups excluding tert-OH is 1. The van der Waals surface area contributed by atoms with Crippen LogP contribution in [0.15, 0.2) is 0 Å². The molecule has 1 aliphatic rings. The van der Waals surface area contributed by atoms with Crippen molar-refractivity contribution in [3.05, 3.63) is 0 Å². The van der Waals surface area contributed by atoms with Gasteiger partial charge in [0.1, 0.15) is 0 Å². The predicted octanol–water partition coefficient (Wildman–Crippen LogP) is 0.687. The molecule has 4 nitrogen and oxygen atoms in total. The second-order valence-electron chi connectivity index (χ2n) is 4.47. The van der Waals surface area contributed by atoms with Gasteiger partial charge in [0.05, 0.1) is 18.1 Å². The van der Waals surface area contributed by atoms with Gasteiger partial charge in [0.25, 0.3) is 0 Å². The molecule has 1 rings (SSSR count). The van der Waals surface area contributed by atoms with E-state index in [-0.39, 0.29) is 30.1 Å². The molecule has 2 N–H and O–H groups in total. The number of carbonyl (C=O) groups is 1. The molecule has 0 spiro atoms. The minimum atomic E-state index is -0.377. The third-order valence-corrected chi connectivity index (χ3v) is 2.80. The lowest BCUT2D eigenvalue weighted by Gasteiger charge is -2.19. The molecule has 4 atom stereocenters. The van der Waals surface area contributed by atoms with Crippen molar-refractivity contribution >= 4 is 5.91 Å². The summed E-state index contributed by atoms with van der Waals surface area (Å²) in [5.41, 5.74) is 0. The van der Waals surface area contributed by atoms with Crippen molar-refractivity contribution in [2.75, 3.05) is 6.61 Å². The Kier molecular flexibility index (Phi) is 4.54. The molecule has 1 heterocycles. The summed E-state index contributed by atoms with van der Waals surface area (Å²) < 4.78 is 5.34. The maximum atomic E-state index is 11.8. The summed E-state index contributed by atoms with van der Waals surface area (Å²) in [4.78, 5) is 11.8. The summed E-state index contributed by atoms with van der Waals surface area (Å²) in [6.45, 7) is 6.23. The van der Waals surface area contributed by atoms with Gasteiger partial charge in [0, 0.05) is 12.6 Å². The second-order valence-corrected chi connectivity index (χ2v) is 4.47. The summed E-state index contributed by atoms with van der Waals surface area (Å²) >= 11 is 0. The molecule has 0 bridgehead atoms. The van der Waals surface area contributed by atoms with E-state index in [2.05, 4.69) is 5.32 Å². The van der Waals surface area contributed by atoms with E-state index < -0.39 is 0 Å². The number of rotatable bonds is 4. The molecule has 4 unspecified atom stereocenters. The first-order chi connectivity index (χ1) is 7.00. The quantitative estimate of drug-likeness (QED) is 0.725. The molecule has 0 aliphatic carbocycles. The zero-order chi connectivity index (χ0) is 11.4. The molecule has 88 valence electrons. The van der Waals surface area contributed by atoms with E-state index in [0.717, 1.165) is 6.42 Å². The lowest BCUT2D eigenvalue weighted by atomic mass is 10.0. The molecule has 4 heteroatoms. The minimum Gasteiger partial charge on any atom is -0.393 e. The number of nitrogens with one attached hydrogen (secondary N) is 1. The Balaban J connectivity index is 2.34. The first-order valence-electron chi connectivity index (χ1n) is 5.60. The smallest absolute Gasteiger partial charge is 0.226 e. The van der Waals surface area contributed by atoms with E-state index >= 15 is 0 Å². The lowest BCUT2D eigenvalue weighted by Crippen LogP contribution is -2.40. The Bertz CT molecular complexity index is 218. The van der Waals surface area contributed by atoms with Crippen molar-refractivity contribution in [2.45, 2.75) is 51.9 Å². The van der Waals surface area contributed by atoms with Crippen LogP contribution in [0.25, 0.3) is 0 Å². The highest BCUT2D eigenvalue weighted by Crippen LogP contribution is 2.20. The fourth-order valence-corrected chi connectivity index (χ4v) is 2.00. The molecule has 1 aliphatic heterocycles. The Labute approximate surface area is 91.0 Å². The van der Waals surface area contributed by atoms with Gasteiger partial charge in [0.15, 0.2) is 0 Å². The van der Waals surface area contributed by atoms with Gasteiger partial charge < -0.3 is 15.2 Å². The van der Waals surface area contributed by atoms with Crippen molar-refractivity contribution in [3.8, 4) is 0 Å². The highest BCUT2D eigenvalue weighted by atomic mass is 16.5. The third kappa shape index (κ3) is 3.80. The summed E-state index contributed by atoms with van der Waals surface area (Å²) in [5.74, 6) is 0.0228. The fourth-order valence-electron chi connectivity index (χ4n) is 2.00. The highest BCUT2D eigenvalue weighted by molar-refractivity contribution is 5.79. The van der Waals surface area contributed by atoms with Crippen LogP contribution in [0.4, 0.5) is 0 Å². The molecule has 1 amide bonds. The molecular formula is C11H21NO3. The zero-order valence-electron chi connectivity index (χ0n) is 9.69. The Morgan fingerprint density at radius 1 is 1.60 bits per heavy atom. The summed E-state index contributed by atoms with van der Waals surface area (Å²) in [5, 5.41) is 12.1. The van der Waals surface area contributed by atoms with Crippen LogP contribution in [0.3, 0.4) is 0 Å². The Hall–Kier alpha value is -0.610. The summed E-state index contributed by atoms with van der Waals surface area (Å²) in [6.07, 6.45) is 1.03. The first kappa shape index (κ1) is 12.5. The molecule has 1 saturated heterocycles. The maximum absolute atomic E-state index is 11.8. The van der Waals surface area contributed by atoms with Gasteiger partial charge in [0.2, 0.25) is 5.91 Å². The third-order valence-electron chi connectivity index (χ3n) is 2.80. The van der Waals surface area contributed by atoms with Crippen LogP contribution in [0.2, 0.25) is 0 Å². The normalized spacial score (nSPS) is 29.9. The summed E-state index contributed by atoms with van der Waals surface area (Å²) in [7, 11) is 0. The lowest BCUT2D eigenvalue weighted by molar-refractivity contribution is -0.127. The average molecular weight is 215 g/mol. The number of aliphatic hydroxyl groups is 1. The van der Waals surface area contributed by atoms with Gasteiger partial charge in [-0.2, -0.15) is 0 Å². The van der Waals surface area contributed by atoms with Gasteiger partial charge in [-0.25, -0.2) is 0 Å². The predicted molar refractivity (Wildman–Crippen MR) is 57.4 cm³/mol. The number of ether oxygens (including phenoxy) is 1. The number of amides is 1. The molecule has 0 aromatic carbocycles. The number of hydrogen-bond acceptors (Lipinski definition) is 3. The largest absolute Gasteiger partial charge is 0.393 e. The van der Waals surface area contributed by atoms with Crippen molar-refractivity contribution in [1.29, 1.82) is 0 Å². The molecule has 0 radical (unpaired) electrons. The van der Waals surface area contributed by atoms with Crippen LogP contribution in [0.5, 0.6) is 0 Å². The van der Waals surface area contributed by atoms with E-state index in [1.807, 2.05) is 13.8 Å². The number of carbonyl (C=O) groups excluding carboxylic acids is 1. The Morgan fingerprint density at radius 3 is 2.73 bits per heavy atom. The van der Waals surface area contributed by atoms with Crippen molar-refractivity contribution < 1.29 is 14.6 Å². The molecule has 0 aromatic rings. The van der Waals surface area contributed by atoms with Gasteiger partial charge in [-0.3, -0.25) is 4.79 Å². The maximum Gasteiger partial charge on any atom is 0.226 e. The minimum absolute atomic E-state index is 0.0174. The van der Waals surface area contributed by atoms with Gasteiger partial charge in [-0.05, 0) is 33.6 Å². The highest BCUT2D eigenvalue weighted by Gasteiger charge is 2.31. The van der Waals surface area contributed by atoms with E-state index in [4.69, 9.17) is 4.74 Å². The zero-order valence-corrected chi connectivity index (χ0v) is 9.69. The molecular weight excluding hydrogens is 194 g/mol. The topological polar surface area (TPSA) is 58.6 Å². The summed E-state index contributed by atoms with van der Waals surface area (Å²) in [6, 6.07) is 0.0188. The van der Waals surface area contributed by atoms with Crippen LogP contribution in [-0.4, -0.2) is 35.9 Å². The molecule has 0 aromatic heterocycles.